The highest BCUT2D eigenvalue weighted by atomic mass is 79.9. The number of hydrogen-bond donors (Lipinski definition) is 2. The van der Waals surface area contributed by atoms with Crippen molar-refractivity contribution in [3.8, 4) is 5.75 Å². The number of sulfonamides is 1. The van der Waals surface area contributed by atoms with Crippen LogP contribution < -0.4 is 5.43 Å². The normalized spacial score (nSPS) is 11.8. The van der Waals surface area contributed by atoms with Crippen molar-refractivity contribution < 1.29 is 18.3 Å². The third-order valence-corrected chi connectivity index (χ3v) is 7.15. The standard InChI is InChI=1S/C23H21BrClN3O4S/c1-16-3-2-4-17(11-16)14-28(33(31,32)21-8-6-20(25)7-9-21)15-23(30)27-26-13-18-12-19(24)5-10-22(18)29/h2-13,29H,14-15H2,1H3,(H,27,30)/b26-13-. The quantitative estimate of drug-likeness (QED) is 0.320. The molecular formula is C23H21BrClN3O4S. The number of benzene rings is 3. The molecule has 0 atom stereocenters. The third kappa shape index (κ3) is 6.88. The van der Waals surface area contributed by atoms with Crippen LogP contribution in [0.5, 0.6) is 5.75 Å². The van der Waals surface area contributed by atoms with Gasteiger partial charge >= 0.3 is 0 Å². The van der Waals surface area contributed by atoms with E-state index in [0.717, 1.165) is 19.9 Å². The summed E-state index contributed by atoms with van der Waals surface area (Å²) in [5, 5.41) is 14.1. The number of rotatable bonds is 8. The maximum Gasteiger partial charge on any atom is 0.255 e. The number of hydrogen-bond acceptors (Lipinski definition) is 5. The molecule has 172 valence electrons. The first-order valence-corrected chi connectivity index (χ1v) is 12.4. The number of aromatic hydroxyl groups is 1. The van der Waals surface area contributed by atoms with E-state index in [0.29, 0.717) is 10.6 Å². The van der Waals surface area contributed by atoms with Crippen molar-refractivity contribution in [3.63, 3.8) is 0 Å². The van der Waals surface area contributed by atoms with Crippen LogP contribution in [0.15, 0.2) is 81.2 Å². The van der Waals surface area contributed by atoms with E-state index in [1.807, 2.05) is 25.1 Å². The Balaban J connectivity index is 1.81. The lowest BCUT2D eigenvalue weighted by Crippen LogP contribution is -2.39. The Kier molecular flexibility index (Phi) is 8.25. The van der Waals surface area contributed by atoms with E-state index in [-0.39, 0.29) is 17.2 Å². The summed E-state index contributed by atoms with van der Waals surface area (Å²) in [6, 6.07) is 17.9. The topological polar surface area (TPSA) is 99.1 Å². The summed E-state index contributed by atoms with van der Waals surface area (Å²) in [7, 11) is -4.00. The molecule has 2 N–H and O–H groups in total. The van der Waals surface area contributed by atoms with Crippen LogP contribution in [0.4, 0.5) is 0 Å². The average Bonchev–Trinajstić information content (AvgIpc) is 2.76. The molecule has 0 fully saturated rings. The van der Waals surface area contributed by atoms with Gasteiger partial charge in [-0.25, -0.2) is 13.8 Å². The summed E-state index contributed by atoms with van der Waals surface area (Å²) in [6.45, 7) is 1.44. The van der Waals surface area contributed by atoms with Gasteiger partial charge in [0.1, 0.15) is 5.75 Å². The van der Waals surface area contributed by atoms with E-state index in [1.165, 1.54) is 36.5 Å². The van der Waals surface area contributed by atoms with Crippen molar-refractivity contribution in [1.82, 2.24) is 9.73 Å². The van der Waals surface area contributed by atoms with Crippen LogP contribution in [-0.2, 0) is 21.4 Å². The largest absolute Gasteiger partial charge is 0.507 e. The molecule has 10 heteroatoms. The number of carbonyl (C=O) groups excluding carboxylic acids is 1. The van der Waals surface area contributed by atoms with Gasteiger partial charge in [0, 0.05) is 21.6 Å². The van der Waals surface area contributed by atoms with E-state index >= 15 is 0 Å². The van der Waals surface area contributed by atoms with Gasteiger partial charge in [0.05, 0.1) is 17.7 Å². The van der Waals surface area contributed by atoms with Gasteiger partial charge in [-0.2, -0.15) is 9.41 Å². The van der Waals surface area contributed by atoms with E-state index in [2.05, 4.69) is 26.5 Å². The Morgan fingerprint density at radius 2 is 1.88 bits per heavy atom. The van der Waals surface area contributed by atoms with Gasteiger partial charge in [-0.15, -0.1) is 0 Å². The van der Waals surface area contributed by atoms with Gasteiger partial charge in [-0.05, 0) is 55.0 Å². The molecule has 3 aromatic carbocycles. The van der Waals surface area contributed by atoms with Crippen molar-refractivity contribution in [2.75, 3.05) is 6.54 Å². The fraction of sp³-hybridized carbons (Fsp3) is 0.130. The summed E-state index contributed by atoms with van der Waals surface area (Å²) < 4.78 is 28.3. The van der Waals surface area contributed by atoms with Crippen LogP contribution in [-0.4, -0.2) is 36.5 Å². The van der Waals surface area contributed by atoms with Crippen molar-refractivity contribution in [3.05, 3.63) is 92.9 Å². The molecule has 3 aromatic rings. The maximum atomic E-state index is 13.3. The molecule has 0 aromatic heterocycles. The lowest BCUT2D eigenvalue weighted by molar-refractivity contribution is -0.121. The predicted molar refractivity (Wildman–Crippen MR) is 132 cm³/mol. The predicted octanol–water partition coefficient (Wildman–Crippen LogP) is 4.46. The van der Waals surface area contributed by atoms with Crippen LogP contribution in [0.25, 0.3) is 0 Å². The molecule has 0 unspecified atom stereocenters. The number of nitrogens with one attached hydrogen (secondary N) is 1. The Labute approximate surface area is 205 Å². The molecule has 0 aliphatic rings. The van der Waals surface area contributed by atoms with Crippen LogP contribution in [0, 0.1) is 6.92 Å². The summed E-state index contributed by atoms with van der Waals surface area (Å²) in [4.78, 5) is 12.6. The third-order valence-electron chi connectivity index (χ3n) is 4.60. The van der Waals surface area contributed by atoms with Crippen molar-refractivity contribution >= 4 is 49.7 Å². The van der Waals surface area contributed by atoms with Gasteiger partial charge < -0.3 is 5.11 Å². The molecule has 0 radical (unpaired) electrons. The summed E-state index contributed by atoms with van der Waals surface area (Å²) in [6.07, 6.45) is 1.27. The highest BCUT2D eigenvalue weighted by Gasteiger charge is 2.27. The van der Waals surface area contributed by atoms with Gasteiger partial charge in [0.25, 0.3) is 5.91 Å². The highest BCUT2D eigenvalue weighted by molar-refractivity contribution is 9.10. The zero-order valence-corrected chi connectivity index (χ0v) is 20.7. The molecule has 0 spiro atoms. The van der Waals surface area contributed by atoms with Crippen LogP contribution in [0.2, 0.25) is 5.02 Å². The molecular weight excluding hydrogens is 530 g/mol. The Morgan fingerprint density at radius 3 is 2.58 bits per heavy atom. The van der Waals surface area contributed by atoms with E-state index < -0.39 is 22.5 Å². The number of phenolic OH excluding ortho intramolecular Hbond substituents is 1. The average molecular weight is 551 g/mol. The number of hydrazone groups is 1. The molecule has 0 bridgehead atoms. The molecule has 0 aliphatic heterocycles. The zero-order valence-electron chi connectivity index (χ0n) is 17.6. The molecule has 7 nitrogen and oxygen atoms in total. The summed E-state index contributed by atoms with van der Waals surface area (Å²) in [5.74, 6) is -0.645. The summed E-state index contributed by atoms with van der Waals surface area (Å²) in [5.41, 5.74) is 4.41. The van der Waals surface area contributed by atoms with Crippen LogP contribution >= 0.6 is 27.5 Å². The molecule has 0 saturated heterocycles. The minimum absolute atomic E-state index is 0.00378. The fourth-order valence-electron chi connectivity index (χ4n) is 2.99. The van der Waals surface area contributed by atoms with Crippen molar-refractivity contribution in [2.24, 2.45) is 5.10 Å². The lowest BCUT2D eigenvalue weighted by Gasteiger charge is -2.21. The molecule has 3 rings (SSSR count). The van der Waals surface area contributed by atoms with Gasteiger partial charge in [0.15, 0.2) is 0 Å². The number of carbonyl (C=O) groups is 1. The minimum atomic E-state index is -4.00. The molecule has 0 heterocycles. The maximum absolute atomic E-state index is 13.3. The molecule has 0 aliphatic carbocycles. The monoisotopic (exact) mass is 549 g/mol. The fourth-order valence-corrected chi connectivity index (χ4v) is 4.88. The van der Waals surface area contributed by atoms with Crippen molar-refractivity contribution in [2.45, 2.75) is 18.4 Å². The van der Waals surface area contributed by atoms with Gasteiger partial charge in [-0.1, -0.05) is 57.4 Å². The van der Waals surface area contributed by atoms with Gasteiger partial charge in [-0.3, -0.25) is 4.79 Å². The first-order chi connectivity index (χ1) is 15.6. The summed E-state index contributed by atoms with van der Waals surface area (Å²) >= 11 is 9.19. The number of aryl methyl sites for hydroxylation is 1. The molecule has 0 saturated carbocycles. The molecule has 33 heavy (non-hydrogen) atoms. The van der Waals surface area contributed by atoms with Crippen LogP contribution in [0.1, 0.15) is 16.7 Å². The molecule has 1 amide bonds. The Bertz CT molecular complexity index is 1280. The van der Waals surface area contributed by atoms with Crippen molar-refractivity contribution in [1.29, 1.82) is 0 Å². The van der Waals surface area contributed by atoms with Gasteiger partial charge in [0.2, 0.25) is 10.0 Å². The Hall–Kier alpha value is -2.72. The van der Waals surface area contributed by atoms with E-state index in [1.54, 1.807) is 18.2 Å². The van der Waals surface area contributed by atoms with E-state index in [4.69, 9.17) is 11.6 Å². The first-order valence-electron chi connectivity index (χ1n) is 9.77. The number of halogens is 2. The first kappa shape index (κ1) is 24.9. The number of nitrogens with zero attached hydrogens (tertiary/aromatic N) is 2. The number of phenols is 1. The SMILES string of the molecule is Cc1cccc(CN(CC(=O)N/N=C\c2cc(Br)ccc2O)S(=O)(=O)c2ccc(Cl)cc2)c1. The smallest absolute Gasteiger partial charge is 0.255 e. The highest BCUT2D eigenvalue weighted by Crippen LogP contribution is 2.21. The lowest BCUT2D eigenvalue weighted by atomic mass is 10.1. The zero-order chi connectivity index (χ0) is 24.0. The second kappa shape index (κ2) is 10.9. The second-order valence-electron chi connectivity index (χ2n) is 7.21. The Morgan fingerprint density at radius 1 is 1.15 bits per heavy atom. The second-order valence-corrected chi connectivity index (χ2v) is 10.5. The van der Waals surface area contributed by atoms with Crippen LogP contribution in [0.3, 0.4) is 0 Å². The number of amides is 1. The minimum Gasteiger partial charge on any atom is -0.507 e. The van der Waals surface area contributed by atoms with E-state index in [9.17, 15) is 18.3 Å².